The van der Waals surface area contributed by atoms with Crippen LogP contribution >= 0.6 is 11.8 Å². The van der Waals surface area contributed by atoms with Crippen LogP contribution in [0.3, 0.4) is 0 Å². The summed E-state index contributed by atoms with van der Waals surface area (Å²) in [6, 6.07) is 0. The van der Waals surface area contributed by atoms with E-state index in [0.717, 1.165) is 29.0 Å². The van der Waals surface area contributed by atoms with Crippen molar-refractivity contribution >= 4 is 21.6 Å². The minimum atomic E-state index is -3.26. The van der Waals surface area contributed by atoms with Crippen molar-refractivity contribution in [2.24, 2.45) is 0 Å². The summed E-state index contributed by atoms with van der Waals surface area (Å²) in [5, 5.41) is -0.0613. The van der Waals surface area contributed by atoms with Crippen molar-refractivity contribution in [2.45, 2.75) is 16.5 Å². The molecule has 13 heavy (non-hydrogen) atoms. The van der Waals surface area contributed by atoms with Crippen LogP contribution in [0.15, 0.2) is 16.2 Å². The average molecular weight is 216 g/mol. The van der Waals surface area contributed by atoms with Gasteiger partial charge in [-0.25, -0.2) is 18.4 Å². The smallest absolute Gasteiger partial charge is 0.226 e. The van der Waals surface area contributed by atoms with Gasteiger partial charge in [-0.2, -0.15) is 0 Å². The molecule has 2 heterocycles. The van der Waals surface area contributed by atoms with Crippen molar-refractivity contribution in [3.63, 3.8) is 0 Å². The second-order valence-corrected chi connectivity index (χ2v) is 5.88. The van der Waals surface area contributed by atoms with Crippen molar-refractivity contribution in [3.05, 3.63) is 11.9 Å². The standard InChI is InChI=1S/C7H8N2O2S2/c1-13(10,11)7-8-4-6-5(9-7)2-3-12-6/h4H,2-3H2,1H3. The molecule has 1 aromatic rings. The Balaban J connectivity index is 2.54. The van der Waals surface area contributed by atoms with Crippen LogP contribution in [0.1, 0.15) is 5.69 Å². The maximum absolute atomic E-state index is 11.1. The molecule has 0 fully saturated rings. The lowest BCUT2D eigenvalue weighted by Crippen LogP contribution is -2.05. The topological polar surface area (TPSA) is 59.9 Å². The van der Waals surface area contributed by atoms with Gasteiger partial charge in [-0.3, -0.25) is 0 Å². The molecule has 2 rings (SSSR count). The van der Waals surface area contributed by atoms with E-state index in [0.29, 0.717) is 0 Å². The molecule has 0 aliphatic carbocycles. The van der Waals surface area contributed by atoms with Crippen LogP contribution in [0.4, 0.5) is 0 Å². The molecule has 1 aliphatic heterocycles. The maximum Gasteiger partial charge on any atom is 0.247 e. The van der Waals surface area contributed by atoms with Crippen molar-refractivity contribution < 1.29 is 8.42 Å². The normalized spacial score (nSPS) is 15.8. The largest absolute Gasteiger partial charge is 0.247 e. The Kier molecular flexibility index (Phi) is 2.03. The van der Waals surface area contributed by atoms with Gasteiger partial charge in [0.15, 0.2) is 0 Å². The predicted octanol–water partition coefficient (Wildman–Crippen LogP) is 0.528. The molecular formula is C7H8N2O2S2. The molecule has 0 bridgehead atoms. The molecular weight excluding hydrogens is 208 g/mol. The third kappa shape index (κ3) is 1.68. The molecule has 70 valence electrons. The summed E-state index contributed by atoms with van der Waals surface area (Å²) in [6.45, 7) is 0. The van der Waals surface area contributed by atoms with Crippen molar-refractivity contribution in [3.8, 4) is 0 Å². The molecule has 0 unspecified atom stereocenters. The van der Waals surface area contributed by atoms with Crippen LogP contribution < -0.4 is 0 Å². The van der Waals surface area contributed by atoms with Gasteiger partial charge in [0.1, 0.15) is 0 Å². The van der Waals surface area contributed by atoms with Gasteiger partial charge < -0.3 is 0 Å². The first-order valence-corrected chi connectivity index (χ1v) is 6.64. The van der Waals surface area contributed by atoms with E-state index < -0.39 is 9.84 Å². The zero-order chi connectivity index (χ0) is 9.47. The van der Waals surface area contributed by atoms with Crippen LogP contribution in [-0.2, 0) is 16.3 Å². The summed E-state index contributed by atoms with van der Waals surface area (Å²) < 4.78 is 22.2. The summed E-state index contributed by atoms with van der Waals surface area (Å²) in [5.41, 5.74) is 0.862. The highest BCUT2D eigenvalue weighted by atomic mass is 32.2. The Bertz CT molecular complexity index is 442. The number of hydrogen-bond acceptors (Lipinski definition) is 5. The second-order valence-electron chi connectivity index (χ2n) is 2.83. The Labute approximate surface area is 80.7 Å². The first kappa shape index (κ1) is 8.96. The van der Waals surface area contributed by atoms with E-state index in [-0.39, 0.29) is 5.16 Å². The third-order valence-corrected chi connectivity index (χ3v) is 3.66. The van der Waals surface area contributed by atoms with Crippen molar-refractivity contribution in [2.75, 3.05) is 12.0 Å². The number of fused-ring (bicyclic) bond motifs is 1. The van der Waals surface area contributed by atoms with E-state index in [1.807, 2.05) is 0 Å². The number of thioether (sulfide) groups is 1. The van der Waals surface area contributed by atoms with E-state index in [1.54, 1.807) is 18.0 Å². The zero-order valence-corrected chi connectivity index (χ0v) is 8.65. The van der Waals surface area contributed by atoms with Gasteiger partial charge >= 0.3 is 0 Å². The fourth-order valence-electron chi connectivity index (χ4n) is 1.12. The summed E-state index contributed by atoms with van der Waals surface area (Å²) in [7, 11) is -3.26. The number of nitrogens with zero attached hydrogens (tertiary/aromatic N) is 2. The maximum atomic E-state index is 11.1. The molecule has 0 aromatic carbocycles. The van der Waals surface area contributed by atoms with Crippen LogP contribution in [0.25, 0.3) is 0 Å². The van der Waals surface area contributed by atoms with Crippen LogP contribution in [0.2, 0.25) is 0 Å². The number of aryl methyl sites for hydroxylation is 1. The summed E-state index contributed by atoms with van der Waals surface area (Å²) >= 11 is 1.67. The van der Waals surface area contributed by atoms with Crippen molar-refractivity contribution in [1.29, 1.82) is 0 Å². The molecule has 0 spiro atoms. The van der Waals surface area contributed by atoms with Gasteiger partial charge in [0.2, 0.25) is 15.0 Å². The Hall–Kier alpha value is -0.620. The third-order valence-electron chi connectivity index (χ3n) is 1.74. The van der Waals surface area contributed by atoms with Gasteiger partial charge in [0.25, 0.3) is 0 Å². The molecule has 1 aliphatic rings. The van der Waals surface area contributed by atoms with E-state index in [2.05, 4.69) is 9.97 Å². The van der Waals surface area contributed by atoms with Gasteiger partial charge in [-0.15, -0.1) is 11.8 Å². The molecule has 0 radical (unpaired) electrons. The van der Waals surface area contributed by atoms with Gasteiger partial charge in [0.05, 0.1) is 5.69 Å². The molecule has 0 saturated heterocycles. The quantitative estimate of drug-likeness (QED) is 0.641. The SMILES string of the molecule is CS(=O)(=O)c1ncc2c(n1)CCS2. The first-order chi connectivity index (χ1) is 6.07. The fourth-order valence-corrected chi connectivity index (χ4v) is 2.60. The molecule has 6 heteroatoms. The predicted molar refractivity (Wildman–Crippen MR) is 49.6 cm³/mol. The Morgan fingerprint density at radius 3 is 3.00 bits per heavy atom. The van der Waals surface area contributed by atoms with Crippen molar-refractivity contribution in [1.82, 2.24) is 9.97 Å². The number of rotatable bonds is 1. The lowest BCUT2D eigenvalue weighted by molar-refractivity contribution is 0.591. The van der Waals surface area contributed by atoms with Gasteiger partial charge in [0, 0.05) is 29.5 Å². The molecule has 4 nitrogen and oxygen atoms in total. The highest BCUT2D eigenvalue weighted by molar-refractivity contribution is 7.99. The van der Waals surface area contributed by atoms with Gasteiger partial charge in [-0.05, 0) is 0 Å². The highest BCUT2D eigenvalue weighted by Gasteiger charge is 2.18. The monoisotopic (exact) mass is 216 g/mol. The lowest BCUT2D eigenvalue weighted by Gasteiger charge is -1.99. The zero-order valence-electron chi connectivity index (χ0n) is 7.02. The average Bonchev–Trinajstić information content (AvgIpc) is 2.47. The minimum Gasteiger partial charge on any atom is -0.226 e. The number of sulfone groups is 1. The summed E-state index contributed by atoms with van der Waals surface area (Å²) in [4.78, 5) is 8.81. The summed E-state index contributed by atoms with van der Waals surface area (Å²) in [6.07, 6.45) is 3.55. The minimum absolute atomic E-state index is 0.0613. The van der Waals surface area contributed by atoms with Crippen LogP contribution in [0.5, 0.6) is 0 Å². The Morgan fingerprint density at radius 2 is 2.31 bits per heavy atom. The molecule has 1 aromatic heterocycles. The first-order valence-electron chi connectivity index (χ1n) is 3.76. The molecule has 0 saturated carbocycles. The van der Waals surface area contributed by atoms with Crippen LogP contribution in [-0.4, -0.2) is 30.4 Å². The van der Waals surface area contributed by atoms with E-state index in [9.17, 15) is 8.42 Å². The fraction of sp³-hybridized carbons (Fsp3) is 0.429. The van der Waals surface area contributed by atoms with Gasteiger partial charge in [-0.1, -0.05) is 0 Å². The Morgan fingerprint density at radius 1 is 1.54 bits per heavy atom. The van der Waals surface area contributed by atoms with E-state index in [4.69, 9.17) is 0 Å². The van der Waals surface area contributed by atoms with Crippen LogP contribution in [0, 0.1) is 0 Å². The molecule has 0 amide bonds. The van der Waals surface area contributed by atoms with E-state index in [1.165, 1.54) is 0 Å². The lowest BCUT2D eigenvalue weighted by atomic mass is 10.3. The molecule has 0 N–H and O–H groups in total. The highest BCUT2D eigenvalue weighted by Crippen LogP contribution is 2.29. The number of aromatic nitrogens is 2. The molecule has 0 atom stereocenters. The van der Waals surface area contributed by atoms with E-state index >= 15 is 0 Å². The number of hydrogen-bond donors (Lipinski definition) is 0. The second kappa shape index (κ2) is 2.95. The summed E-state index contributed by atoms with van der Waals surface area (Å²) in [5.74, 6) is 0.969.